The molecule has 3 aromatic carbocycles. The van der Waals surface area contributed by atoms with Crippen molar-refractivity contribution >= 4 is 17.6 Å². The fourth-order valence-electron chi connectivity index (χ4n) is 4.32. The van der Waals surface area contributed by atoms with E-state index in [1.165, 1.54) is 11.1 Å². The van der Waals surface area contributed by atoms with Crippen LogP contribution >= 0.6 is 0 Å². The molecule has 1 aromatic heterocycles. The number of hydrogen-bond acceptors (Lipinski definition) is 4. The van der Waals surface area contributed by atoms with Gasteiger partial charge in [0, 0.05) is 23.2 Å². The number of H-pyrrole nitrogens is 1. The van der Waals surface area contributed by atoms with E-state index in [2.05, 4.69) is 49.9 Å². The summed E-state index contributed by atoms with van der Waals surface area (Å²) in [6.07, 6.45) is 6.33. The molecular weight excluding hydrogens is 484 g/mol. The van der Waals surface area contributed by atoms with Crippen molar-refractivity contribution < 1.29 is 4.74 Å². The van der Waals surface area contributed by atoms with Crippen molar-refractivity contribution in [2.45, 2.75) is 66.3 Å². The summed E-state index contributed by atoms with van der Waals surface area (Å²) < 4.78 is 7.52. The van der Waals surface area contributed by atoms with Gasteiger partial charge in [-0.05, 0) is 55.0 Å². The van der Waals surface area contributed by atoms with Crippen LogP contribution in [0.5, 0.6) is 5.75 Å². The van der Waals surface area contributed by atoms with Crippen LogP contribution in [-0.2, 0) is 25.8 Å². The van der Waals surface area contributed by atoms with Crippen LogP contribution in [0.25, 0.3) is 0 Å². The van der Waals surface area contributed by atoms with E-state index < -0.39 is 0 Å². The summed E-state index contributed by atoms with van der Waals surface area (Å²) >= 11 is 0. The lowest BCUT2D eigenvalue weighted by molar-refractivity contribution is 0.313. The van der Waals surface area contributed by atoms with Crippen LogP contribution in [0, 0.1) is 0 Å². The molecule has 0 atom stereocenters. The number of aromatic nitrogens is 2. The summed E-state index contributed by atoms with van der Waals surface area (Å²) in [6.45, 7) is 9.50. The average Bonchev–Trinajstić information content (AvgIpc) is 3.25. The topological polar surface area (TPSA) is 85.4 Å². The first-order valence-corrected chi connectivity index (χ1v) is 14.0. The zero-order valence-electron chi connectivity index (χ0n) is 23.7. The van der Waals surface area contributed by atoms with E-state index in [0.29, 0.717) is 18.7 Å². The third-order valence-electron chi connectivity index (χ3n) is 6.47. The maximum Gasteiger partial charge on any atom is 0.275 e. The number of aromatic amines is 1. The van der Waals surface area contributed by atoms with Crippen molar-refractivity contribution in [2.75, 3.05) is 12.3 Å². The van der Waals surface area contributed by atoms with Crippen LogP contribution < -0.4 is 16.0 Å². The highest BCUT2D eigenvalue weighted by atomic mass is 16.5. The SMILES string of the molecule is CCCOc1ccccc1Cn1[nH]c(CCC)c(C=Nc2ccccc2CC)c1=O.CCc1ccccc1N. The van der Waals surface area contributed by atoms with E-state index in [-0.39, 0.29) is 5.56 Å². The van der Waals surface area contributed by atoms with Crippen LogP contribution in [0.1, 0.15) is 68.5 Å². The largest absolute Gasteiger partial charge is 0.493 e. The Kier molecular flexibility index (Phi) is 11.6. The van der Waals surface area contributed by atoms with Crippen LogP contribution in [0.3, 0.4) is 0 Å². The van der Waals surface area contributed by atoms with Gasteiger partial charge in [0.05, 0.1) is 24.4 Å². The summed E-state index contributed by atoms with van der Waals surface area (Å²) in [7, 11) is 0. The number of nitrogens with one attached hydrogen (secondary N) is 1. The summed E-state index contributed by atoms with van der Waals surface area (Å²) in [5.41, 5.74) is 12.3. The second kappa shape index (κ2) is 15.4. The monoisotopic (exact) mass is 526 g/mol. The molecule has 0 unspecified atom stereocenters. The molecule has 0 aliphatic heterocycles. The van der Waals surface area contributed by atoms with Crippen molar-refractivity contribution in [3.63, 3.8) is 0 Å². The van der Waals surface area contributed by atoms with Gasteiger partial charge in [0.25, 0.3) is 5.56 Å². The number of hydrogen-bond donors (Lipinski definition) is 2. The standard InChI is InChI=1S/C25H31N3O2.C8H11N/c1-4-11-23-21(17-26-22-14-9-7-12-19(22)6-3)25(29)28(27-23)18-20-13-8-10-15-24(20)30-16-5-2;1-2-7-5-3-4-6-8(7)9/h7-10,12-15,17,27H,4-6,11,16,18H2,1-3H3;3-6H,2,9H2,1H3. The smallest absolute Gasteiger partial charge is 0.275 e. The van der Waals surface area contributed by atoms with Gasteiger partial charge in [0.15, 0.2) is 0 Å². The molecule has 6 heteroatoms. The lowest BCUT2D eigenvalue weighted by Crippen LogP contribution is -2.20. The molecule has 39 heavy (non-hydrogen) atoms. The molecule has 0 radical (unpaired) electrons. The van der Waals surface area contributed by atoms with Crippen molar-refractivity contribution in [1.29, 1.82) is 0 Å². The number of para-hydroxylation sites is 3. The number of aliphatic imine (C=N–C) groups is 1. The molecule has 3 N–H and O–H groups in total. The Bertz CT molecular complexity index is 1400. The highest BCUT2D eigenvalue weighted by Gasteiger charge is 2.14. The number of rotatable bonds is 11. The lowest BCUT2D eigenvalue weighted by atomic mass is 10.1. The summed E-state index contributed by atoms with van der Waals surface area (Å²) in [5.74, 6) is 0.824. The second-order valence-electron chi connectivity index (χ2n) is 9.39. The molecule has 0 saturated heterocycles. The minimum absolute atomic E-state index is 0.0542. The quantitative estimate of drug-likeness (QED) is 0.161. The number of nitrogens with zero attached hydrogens (tertiary/aromatic N) is 2. The van der Waals surface area contributed by atoms with Gasteiger partial charge < -0.3 is 10.5 Å². The molecule has 0 aliphatic rings. The highest BCUT2D eigenvalue weighted by Crippen LogP contribution is 2.21. The number of anilines is 1. The first kappa shape index (κ1) is 29.5. The Morgan fingerprint density at radius 1 is 0.846 bits per heavy atom. The molecule has 206 valence electrons. The molecular formula is C33H42N4O2. The Morgan fingerprint density at radius 3 is 2.13 bits per heavy atom. The molecule has 0 amide bonds. The van der Waals surface area contributed by atoms with Gasteiger partial charge in [0.2, 0.25) is 0 Å². The van der Waals surface area contributed by atoms with Crippen molar-refractivity contribution in [2.24, 2.45) is 4.99 Å². The molecule has 4 aromatic rings. The van der Waals surface area contributed by atoms with E-state index in [1.807, 2.05) is 60.7 Å². The van der Waals surface area contributed by atoms with Gasteiger partial charge in [-0.25, -0.2) is 4.68 Å². The van der Waals surface area contributed by atoms with E-state index in [9.17, 15) is 4.79 Å². The van der Waals surface area contributed by atoms with Gasteiger partial charge >= 0.3 is 0 Å². The lowest BCUT2D eigenvalue weighted by Gasteiger charge is -2.11. The minimum Gasteiger partial charge on any atom is -0.493 e. The van der Waals surface area contributed by atoms with E-state index >= 15 is 0 Å². The van der Waals surface area contributed by atoms with Gasteiger partial charge in [0.1, 0.15) is 5.75 Å². The molecule has 4 rings (SSSR count). The van der Waals surface area contributed by atoms with Crippen LogP contribution in [0.15, 0.2) is 82.6 Å². The Labute approximate surface area is 232 Å². The Morgan fingerprint density at radius 2 is 1.49 bits per heavy atom. The van der Waals surface area contributed by atoms with Gasteiger partial charge in [-0.15, -0.1) is 0 Å². The summed E-state index contributed by atoms with van der Waals surface area (Å²) in [5, 5.41) is 3.31. The molecule has 6 nitrogen and oxygen atoms in total. The predicted octanol–water partition coefficient (Wildman–Crippen LogP) is 7.11. The van der Waals surface area contributed by atoms with E-state index in [1.54, 1.807) is 10.9 Å². The van der Waals surface area contributed by atoms with Crippen molar-refractivity contribution in [3.05, 3.63) is 111 Å². The normalized spacial score (nSPS) is 10.9. The van der Waals surface area contributed by atoms with Crippen LogP contribution in [-0.4, -0.2) is 22.6 Å². The first-order chi connectivity index (χ1) is 19.0. The predicted molar refractivity (Wildman–Crippen MR) is 164 cm³/mol. The number of nitrogens with two attached hydrogens (primary N) is 1. The maximum atomic E-state index is 13.2. The zero-order chi connectivity index (χ0) is 28.0. The number of nitrogen functional groups attached to an aromatic ring is 1. The first-order valence-electron chi connectivity index (χ1n) is 14.0. The fraction of sp³-hybridized carbons (Fsp3) is 0.333. The van der Waals surface area contributed by atoms with Crippen LogP contribution in [0.4, 0.5) is 11.4 Å². The van der Waals surface area contributed by atoms with Gasteiger partial charge in [-0.1, -0.05) is 88.7 Å². The third kappa shape index (κ3) is 8.21. The van der Waals surface area contributed by atoms with Crippen molar-refractivity contribution in [1.82, 2.24) is 9.78 Å². The maximum absolute atomic E-state index is 13.2. The number of aryl methyl sites for hydroxylation is 3. The minimum atomic E-state index is -0.0542. The van der Waals surface area contributed by atoms with E-state index in [4.69, 9.17) is 10.5 Å². The molecule has 0 fully saturated rings. The number of ether oxygens (including phenoxy) is 1. The van der Waals surface area contributed by atoms with Crippen LogP contribution in [0.2, 0.25) is 0 Å². The molecule has 0 bridgehead atoms. The molecule has 0 spiro atoms. The van der Waals surface area contributed by atoms with Gasteiger partial charge in [-0.2, -0.15) is 0 Å². The third-order valence-corrected chi connectivity index (χ3v) is 6.47. The zero-order valence-corrected chi connectivity index (χ0v) is 23.7. The molecule has 0 saturated carbocycles. The number of benzene rings is 3. The highest BCUT2D eigenvalue weighted by molar-refractivity contribution is 5.83. The summed E-state index contributed by atoms with van der Waals surface area (Å²) in [6, 6.07) is 23.9. The average molecular weight is 527 g/mol. The Balaban J connectivity index is 0.000000395. The second-order valence-corrected chi connectivity index (χ2v) is 9.39. The summed E-state index contributed by atoms with van der Waals surface area (Å²) in [4.78, 5) is 17.8. The fourth-order valence-corrected chi connectivity index (χ4v) is 4.32. The van der Waals surface area contributed by atoms with Crippen molar-refractivity contribution in [3.8, 4) is 5.75 Å². The molecule has 1 heterocycles. The molecule has 0 aliphatic carbocycles. The van der Waals surface area contributed by atoms with Gasteiger partial charge in [-0.3, -0.25) is 14.9 Å². The Hall–Kier alpha value is -4.06. The van der Waals surface area contributed by atoms with E-state index in [0.717, 1.165) is 60.5 Å².